The van der Waals surface area contributed by atoms with Crippen molar-refractivity contribution in [2.45, 2.75) is 51.2 Å². The standard InChI is InChI=1S/C16H21N5OS2/c1-9(2)20-13(22)10-7-17-14(23-6)19-12(10)21(20)15-18-11(8-24-15)16(3,4)5/h7-9H,1-6H3. The lowest BCUT2D eigenvalue weighted by Gasteiger charge is -2.15. The molecular formula is C16H21N5OS2. The number of fused-ring (bicyclic) bond motifs is 1. The van der Waals surface area contributed by atoms with Gasteiger partial charge in [-0.1, -0.05) is 32.5 Å². The average molecular weight is 364 g/mol. The Morgan fingerprint density at radius 2 is 1.96 bits per heavy atom. The summed E-state index contributed by atoms with van der Waals surface area (Å²) in [4.78, 5) is 26.4. The van der Waals surface area contributed by atoms with Crippen LogP contribution in [-0.2, 0) is 5.41 Å². The Kier molecular flexibility index (Phi) is 4.29. The summed E-state index contributed by atoms with van der Waals surface area (Å²) < 4.78 is 3.54. The molecule has 3 aromatic rings. The van der Waals surface area contributed by atoms with Crippen molar-refractivity contribution in [1.29, 1.82) is 0 Å². The van der Waals surface area contributed by atoms with Gasteiger partial charge in [0.05, 0.1) is 5.69 Å². The van der Waals surface area contributed by atoms with E-state index in [1.54, 1.807) is 10.9 Å². The summed E-state index contributed by atoms with van der Waals surface area (Å²) >= 11 is 2.98. The molecule has 3 aromatic heterocycles. The van der Waals surface area contributed by atoms with Gasteiger partial charge in [-0.25, -0.2) is 24.3 Å². The molecular weight excluding hydrogens is 342 g/mol. The lowest BCUT2D eigenvalue weighted by molar-refractivity contribution is 0.473. The van der Waals surface area contributed by atoms with Crippen molar-refractivity contribution in [1.82, 2.24) is 24.3 Å². The van der Waals surface area contributed by atoms with Crippen LogP contribution in [0.4, 0.5) is 0 Å². The molecule has 0 aliphatic heterocycles. The molecule has 0 radical (unpaired) electrons. The maximum atomic E-state index is 12.8. The second-order valence-corrected chi connectivity index (χ2v) is 8.52. The molecule has 0 spiro atoms. The second kappa shape index (κ2) is 6.00. The predicted octanol–water partition coefficient (Wildman–Crippen LogP) is 3.64. The highest BCUT2D eigenvalue weighted by Gasteiger charge is 2.23. The molecule has 0 unspecified atom stereocenters. The quantitative estimate of drug-likeness (QED) is 0.525. The summed E-state index contributed by atoms with van der Waals surface area (Å²) in [7, 11) is 0. The summed E-state index contributed by atoms with van der Waals surface area (Å²) in [5, 5.41) is 3.97. The van der Waals surface area contributed by atoms with Gasteiger partial charge in [0.25, 0.3) is 5.56 Å². The topological polar surface area (TPSA) is 65.6 Å². The van der Waals surface area contributed by atoms with E-state index in [2.05, 4.69) is 30.7 Å². The van der Waals surface area contributed by atoms with Crippen molar-refractivity contribution in [2.75, 3.05) is 6.26 Å². The number of hydrogen-bond acceptors (Lipinski definition) is 6. The van der Waals surface area contributed by atoms with Crippen LogP contribution in [0, 0.1) is 0 Å². The minimum absolute atomic E-state index is 0.00795. The largest absolute Gasteiger partial charge is 0.278 e. The molecule has 0 fully saturated rings. The van der Waals surface area contributed by atoms with Gasteiger partial charge in [-0.15, -0.1) is 11.3 Å². The lowest BCUT2D eigenvalue weighted by Crippen LogP contribution is -2.24. The van der Waals surface area contributed by atoms with Crippen LogP contribution in [-0.4, -0.2) is 30.6 Å². The minimum Gasteiger partial charge on any atom is -0.267 e. The highest BCUT2D eigenvalue weighted by Crippen LogP contribution is 2.28. The molecule has 128 valence electrons. The van der Waals surface area contributed by atoms with Gasteiger partial charge >= 0.3 is 0 Å². The first-order valence-corrected chi connectivity index (χ1v) is 9.85. The third-order valence-corrected chi connectivity index (χ3v) is 5.09. The molecule has 6 nitrogen and oxygen atoms in total. The van der Waals surface area contributed by atoms with Crippen LogP contribution >= 0.6 is 23.1 Å². The van der Waals surface area contributed by atoms with Crippen molar-refractivity contribution in [3.8, 4) is 5.13 Å². The van der Waals surface area contributed by atoms with Crippen molar-refractivity contribution >= 4 is 34.1 Å². The number of thioether (sulfide) groups is 1. The smallest absolute Gasteiger partial charge is 0.267 e. The molecule has 0 saturated heterocycles. The summed E-state index contributed by atoms with van der Waals surface area (Å²) in [6, 6.07) is -0.00795. The maximum absolute atomic E-state index is 12.8. The first kappa shape index (κ1) is 17.2. The Hall–Kier alpha value is -1.67. The molecule has 0 bridgehead atoms. The summed E-state index contributed by atoms with van der Waals surface area (Å²) in [6.45, 7) is 10.4. The van der Waals surface area contributed by atoms with E-state index in [4.69, 9.17) is 4.98 Å². The van der Waals surface area contributed by atoms with E-state index in [-0.39, 0.29) is 17.0 Å². The average Bonchev–Trinajstić information content (AvgIpc) is 3.09. The minimum atomic E-state index is -0.0832. The van der Waals surface area contributed by atoms with E-state index in [9.17, 15) is 4.79 Å². The number of thiazole rings is 1. The molecule has 3 heterocycles. The Morgan fingerprint density at radius 1 is 1.25 bits per heavy atom. The van der Waals surface area contributed by atoms with Crippen LogP contribution in [0.3, 0.4) is 0 Å². The first-order chi connectivity index (χ1) is 11.2. The van der Waals surface area contributed by atoms with E-state index >= 15 is 0 Å². The Labute approximate surface area is 148 Å². The van der Waals surface area contributed by atoms with E-state index in [0.29, 0.717) is 16.2 Å². The Balaban J connectivity index is 2.34. The van der Waals surface area contributed by atoms with Crippen LogP contribution < -0.4 is 5.56 Å². The van der Waals surface area contributed by atoms with Gasteiger partial charge in [0.15, 0.2) is 10.8 Å². The summed E-state index contributed by atoms with van der Waals surface area (Å²) in [5.74, 6) is 0. The van der Waals surface area contributed by atoms with Gasteiger partial charge in [0.1, 0.15) is 5.39 Å². The van der Waals surface area contributed by atoms with Gasteiger partial charge in [-0.3, -0.25) is 4.79 Å². The summed E-state index contributed by atoms with van der Waals surface area (Å²) in [6.07, 6.45) is 3.54. The summed E-state index contributed by atoms with van der Waals surface area (Å²) in [5.41, 5.74) is 1.49. The molecule has 24 heavy (non-hydrogen) atoms. The van der Waals surface area contributed by atoms with E-state index in [1.165, 1.54) is 23.1 Å². The predicted molar refractivity (Wildman–Crippen MR) is 99.7 cm³/mol. The fraction of sp³-hybridized carbons (Fsp3) is 0.500. The number of rotatable bonds is 3. The zero-order valence-electron chi connectivity index (χ0n) is 14.7. The van der Waals surface area contributed by atoms with Gasteiger partial charge in [0.2, 0.25) is 5.13 Å². The monoisotopic (exact) mass is 363 g/mol. The molecule has 8 heteroatoms. The van der Waals surface area contributed by atoms with Gasteiger partial charge in [0, 0.05) is 23.0 Å². The molecule has 0 aromatic carbocycles. The van der Waals surface area contributed by atoms with Gasteiger partial charge < -0.3 is 0 Å². The van der Waals surface area contributed by atoms with Crippen LogP contribution in [0.25, 0.3) is 16.2 Å². The zero-order chi connectivity index (χ0) is 17.6. The Morgan fingerprint density at radius 3 is 2.50 bits per heavy atom. The normalized spacial score (nSPS) is 12.5. The molecule has 0 aliphatic rings. The molecule has 0 aliphatic carbocycles. The fourth-order valence-electron chi connectivity index (χ4n) is 2.44. The van der Waals surface area contributed by atoms with Gasteiger partial charge in [-0.05, 0) is 20.1 Å². The number of hydrogen-bond donors (Lipinski definition) is 0. The number of nitrogens with zero attached hydrogens (tertiary/aromatic N) is 5. The third-order valence-electron chi connectivity index (χ3n) is 3.71. The van der Waals surface area contributed by atoms with E-state index in [1.807, 2.05) is 30.2 Å². The molecule has 0 saturated carbocycles. The first-order valence-electron chi connectivity index (χ1n) is 7.74. The lowest BCUT2D eigenvalue weighted by atomic mass is 9.93. The van der Waals surface area contributed by atoms with Crippen molar-refractivity contribution < 1.29 is 0 Å². The Bertz CT molecular complexity index is 946. The van der Waals surface area contributed by atoms with Crippen molar-refractivity contribution in [2.24, 2.45) is 0 Å². The number of aromatic nitrogens is 5. The maximum Gasteiger partial charge on any atom is 0.278 e. The molecule has 0 N–H and O–H groups in total. The second-order valence-electron chi connectivity index (χ2n) is 6.91. The highest BCUT2D eigenvalue weighted by molar-refractivity contribution is 7.98. The third kappa shape index (κ3) is 2.77. The van der Waals surface area contributed by atoms with Crippen molar-refractivity contribution in [3.05, 3.63) is 27.6 Å². The van der Waals surface area contributed by atoms with E-state index < -0.39 is 0 Å². The molecule has 0 amide bonds. The van der Waals surface area contributed by atoms with Crippen LogP contribution in [0.15, 0.2) is 21.5 Å². The van der Waals surface area contributed by atoms with Crippen LogP contribution in [0.2, 0.25) is 0 Å². The van der Waals surface area contributed by atoms with Crippen molar-refractivity contribution in [3.63, 3.8) is 0 Å². The fourth-order valence-corrected chi connectivity index (χ4v) is 3.82. The van der Waals surface area contributed by atoms with Crippen LogP contribution in [0.1, 0.15) is 46.4 Å². The van der Waals surface area contributed by atoms with Gasteiger partial charge in [-0.2, -0.15) is 0 Å². The molecule has 3 rings (SSSR count). The molecule has 0 atom stereocenters. The van der Waals surface area contributed by atoms with Crippen LogP contribution in [0.5, 0.6) is 0 Å². The highest BCUT2D eigenvalue weighted by atomic mass is 32.2. The zero-order valence-corrected chi connectivity index (χ0v) is 16.3. The van der Waals surface area contributed by atoms with E-state index in [0.717, 1.165) is 10.8 Å². The SMILES string of the molecule is CSc1ncc2c(=O)n(C(C)C)n(-c3nc(C(C)(C)C)cs3)c2n1.